The number of benzene rings is 1. The summed E-state index contributed by atoms with van der Waals surface area (Å²) in [4.78, 5) is 22.7. The van der Waals surface area contributed by atoms with Gasteiger partial charge in [0.1, 0.15) is 0 Å². The van der Waals surface area contributed by atoms with E-state index >= 15 is 0 Å². The van der Waals surface area contributed by atoms with Crippen molar-refractivity contribution in [3.8, 4) is 0 Å². The molecule has 0 aromatic heterocycles. The topological polar surface area (TPSA) is 46.2 Å². The molecule has 3 nitrogen and oxygen atoms in total. The maximum absolute atomic E-state index is 11.4. The molecule has 0 spiro atoms. The first kappa shape index (κ1) is 9.65. The molecule has 1 aliphatic rings. The van der Waals surface area contributed by atoms with Gasteiger partial charge in [0.05, 0.1) is 5.57 Å². The minimum Gasteiger partial charge on any atom is -0.348 e. The number of ketones is 1. The molecule has 0 saturated heterocycles. The van der Waals surface area contributed by atoms with Crippen LogP contribution < -0.4 is 5.32 Å². The Balaban J connectivity index is 2.52. The van der Waals surface area contributed by atoms with Crippen molar-refractivity contribution in [1.82, 2.24) is 5.32 Å². The molecule has 1 amide bonds. The molecule has 0 saturated carbocycles. The van der Waals surface area contributed by atoms with Crippen molar-refractivity contribution < 1.29 is 9.59 Å². The number of nitrogens with one attached hydrogen (secondary N) is 1. The number of carbonyl (C=O) groups is 2. The lowest BCUT2D eigenvalue weighted by molar-refractivity contribution is -0.120. The van der Waals surface area contributed by atoms with Crippen molar-refractivity contribution in [1.29, 1.82) is 0 Å². The lowest BCUT2D eigenvalue weighted by atomic mass is 10.0. The molecule has 0 fully saturated rings. The van der Waals surface area contributed by atoms with E-state index in [2.05, 4.69) is 5.32 Å². The van der Waals surface area contributed by atoms with Gasteiger partial charge in [-0.25, -0.2) is 0 Å². The summed E-state index contributed by atoms with van der Waals surface area (Å²) >= 11 is 0. The molecular weight excluding hydrogens is 190 g/mol. The molecule has 0 unspecified atom stereocenters. The smallest absolute Gasteiger partial charge is 0.255 e. The van der Waals surface area contributed by atoms with E-state index in [-0.39, 0.29) is 11.7 Å². The average Bonchev–Trinajstić information content (AvgIpc) is 2.61. The van der Waals surface area contributed by atoms with Crippen molar-refractivity contribution in [2.45, 2.75) is 6.92 Å². The van der Waals surface area contributed by atoms with E-state index in [0.29, 0.717) is 12.1 Å². The minimum absolute atomic E-state index is 0.177. The molecule has 0 atom stereocenters. The summed E-state index contributed by atoms with van der Waals surface area (Å²) in [5.74, 6) is -0.440. The summed E-state index contributed by atoms with van der Waals surface area (Å²) in [6, 6.07) is 9.49. The predicted molar refractivity (Wildman–Crippen MR) is 57.1 cm³/mol. The van der Waals surface area contributed by atoms with Gasteiger partial charge in [-0.3, -0.25) is 9.59 Å². The van der Waals surface area contributed by atoms with Crippen molar-refractivity contribution in [3.05, 3.63) is 41.5 Å². The SMILES string of the molecule is CC(=O)C1=C(c2ccccc2)CNC1=O. The third-order valence-corrected chi connectivity index (χ3v) is 2.43. The first-order chi connectivity index (χ1) is 7.20. The van der Waals surface area contributed by atoms with Crippen LogP contribution >= 0.6 is 0 Å². The van der Waals surface area contributed by atoms with Crippen LogP contribution in [0.2, 0.25) is 0 Å². The minimum atomic E-state index is -0.263. The molecule has 3 heteroatoms. The van der Waals surface area contributed by atoms with Crippen LogP contribution in [0.4, 0.5) is 0 Å². The Morgan fingerprint density at radius 2 is 1.93 bits per heavy atom. The Kier molecular flexibility index (Phi) is 2.37. The van der Waals surface area contributed by atoms with Crippen LogP contribution in [-0.2, 0) is 9.59 Å². The van der Waals surface area contributed by atoms with Gasteiger partial charge in [0, 0.05) is 6.54 Å². The normalized spacial score (nSPS) is 15.4. The molecule has 2 rings (SSSR count). The molecule has 15 heavy (non-hydrogen) atoms. The van der Waals surface area contributed by atoms with Crippen LogP contribution in [0, 0.1) is 0 Å². The molecule has 1 aliphatic heterocycles. The quantitative estimate of drug-likeness (QED) is 0.730. The summed E-state index contributed by atoms with van der Waals surface area (Å²) in [6.45, 7) is 1.86. The van der Waals surface area contributed by atoms with Crippen molar-refractivity contribution >= 4 is 17.3 Å². The van der Waals surface area contributed by atoms with E-state index in [9.17, 15) is 9.59 Å². The fourth-order valence-corrected chi connectivity index (χ4v) is 1.74. The maximum atomic E-state index is 11.4. The standard InChI is InChI=1S/C12H11NO2/c1-8(14)11-10(7-13-12(11)15)9-5-3-2-4-6-9/h2-6H,7H2,1H3,(H,13,15). The summed E-state index contributed by atoms with van der Waals surface area (Å²) < 4.78 is 0. The first-order valence-corrected chi connectivity index (χ1v) is 4.78. The largest absolute Gasteiger partial charge is 0.348 e. The van der Waals surface area contributed by atoms with Gasteiger partial charge in [-0.15, -0.1) is 0 Å². The summed E-state index contributed by atoms with van der Waals surface area (Å²) in [5, 5.41) is 2.67. The van der Waals surface area contributed by atoms with Crippen molar-refractivity contribution in [3.63, 3.8) is 0 Å². The molecule has 0 radical (unpaired) electrons. The van der Waals surface area contributed by atoms with Crippen LogP contribution in [-0.4, -0.2) is 18.2 Å². The van der Waals surface area contributed by atoms with E-state index in [0.717, 1.165) is 11.1 Å². The van der Waals surface area contributed by atoms with Crippen molar-refractivity contribution in [2.75, 3.05) is 6.54 Å². The zero-order chi connectivity index (χ0) is 10.8. The average molecular weight is 201 g/mol. The van der Waals surface area contributed by atoms with Crippen LogP contribution in [0.5, 0.6) is 0 Å². The highest BCUT2D eigenvalue weighted by molar-refractivity contribution is 6.26. The van der Waals surface area contributed by atoms with Gasteiger partial charge < -0.3 is 5.32 Å². The first-order valence-electron chi connectivity index (χ1n) is 4.78. The zero-order valence-electron chi connectivity index (χ0n) is 8.41. The Morgan fingerprint density at radius 3 is 2.53 bits per heavy atom. The summed E-state index contributed by atoms with van der Waals surface area (Å²) in [6.07, 6.45) is 0. The molecule has 1 N–H and O–H groups in total. The van der Waals surface area contributed by atoms with E-state index < -0.39 is 0 Å². The third kappa shape index (κ3) is 1.68. The Bertz CT molecular complexity index is 446. The summed E-state index contributed by atoms with van der Waals surface area (Å²) in [5.41, 5.74) is 2.02. The van der Waals surface area contributed by atoms with Crippen LogP contribution in [0.1, 0.15) is 12.5 Å². The zero-order valence-corrected chi connectivity index (χ0v) is 8.41. The third-order valence-electron chi connectivity index (χ3n) is 2.43. The van der Waals surface area contributed by atoms with Gasteiger partial charge in [0.25, 0.3) is 5.91 Å². The molecular formula is C12H11NO2. The van der Waals surface area contributed by atoms with Gasteiger partial charge in [-0.1, -0.05) is 30.3 Å². The van der Waals surface area contributed by atoms with E-state index in [1.807, 2.05) is 30.3 Å². The van der Waals surface area contributed by atoms with E-state index in [1.165, 1.54) is 6.92 Å². The van der Waals surface area contributed by atoms with Gasteiger partial charge in [-0.2, -0.15) is 0 Å². The number of amides is 1. The van der Waals surface area contributed by atoms with Crippen LogP contribution in [0.3, 0.4) is 0 Å². The van der Waals surface area contributed by atoms with Gasteiger partial charge >= 0.3 is 0 Å². The number of hydrogen-bond donors (Lipinski definition) is 1. The highest BCUT2D eigenvalue weighted by atomic mass is 16.2. The lowest BCUT2D eigenvalue weighted by Crippen LogP contribution is -2.19. The highest BCUT2D eigenvalue weighted by Gasteiger charge is 2.26. The van der Waals surface area contributed by atoms with Gasteiger partial charge in [0.2, 0.25) is 0 Å². The fraction of sp³-hybridized carbons (Fsp3) is 0.167. The second kappa shape index (κ2) is 3.69. The highest BCUT2D eigenvalue weighted by Crippen LogP contribution is 2.22. The number of carbonyl (C=O) groups excluding carboxylic acids is 2. The van der Waals surface area contributed by atoms with E-state index in [1.54, 1.807) is 0 Å². The lowest BCUT2D eigenvalue weighted by Gasteiger charge is -2.01. The summed E-state index contributed by atoms with van der Waals surface area (Å²) in [7, 11) is 0. The van der Waals surface area contributed by atoms with Crippen molar-refractivity contribution in [2.24, 2.45) is 0 Å². The molecule has 76 valence electrons. The van der Waals surface area contributed by atoms with Gasteiger partial charge in [-0.05, 0) is 18.1 Å². The van der Waals surface area contributed by atoms with Crippen LogP contribution in [0.25, 0.3) is 5.57 Å². The Morgan fingerprint density at radius 1 is 1.27 bits per heavy atom. The second-order valence-electron chi connectivity index (χ2n) is 3.46. The number of Topliss-reactive ketones (excluding diaryl/α,β-unsaturated/α-hetero) is 1. The van der Waals surface area contributed by atoms with Crippen LogP contribution in [0.15, 0.2) is 35.9 Å². The maximum Gasteiger partial charge on any atom is 0.255 e. The fourth-order valence-electron chi connectivity index (χ4n) is 1.74. The molecule has 1 aromatic rings. The number of rotatable bonds is 2. The van der Waals surface area contributed by atoms with E-state index in [4.69, 9.17) is 0 Å². The molecule has 1 aromatic carbocycles. The Labute approximate surface area is 87.8 Å². The predicted octanol–water partition coefficient (Wildman–Crippen LogP) is 1.16. The second-order valence-corrected chi connectivity index (χ2v) is 3.46. The number of hydrogen-bond acceptors (Lipinski definition) is 2. The monoisotopic (exact) mass is 201 g/mol. The Hall–Kier alpha value is -1.90. The molecule has 0 aliphatic carbocycles. The molecule has 1 heterocycles. The molecule has 0 bridgehead atoms. The van der Waals surface area contributed by atoms with Gasteiger partial charge in [0.15, 0.2) is 5.78 Å².